The zero-order valence-electron chi connectivity index (χ0n) is 7.78. The Labute approximate surface area is 81.0 Å². The summed E-state index contributed by atoms with van der Waals surface area (Å²) in [6, 6.07) is 0. The van der Waals surface area contributed by atoms with Crippen LogP contribution in [0.25, 0.3) is 0 Å². The summed E-state index contributed by atoms with van der Waals surface area (Å²) >= 11 is 0. The average molecular weight is 202 g/mol. The SMILES string of the molecule is Cn1cc([C@H](O)[C@H](O)[C@H](O)CO)cn1. The Bertz CT molecular complexity index is 289. The van der Waals surface area contributed by atoms with Gasteiger partial charge in [-0.15, -0.1) is 0 Å². The van der Waals surface area contributed by atoms with Gasteiger partial charge in [0.05, 0.1) is 12.8 Å². The number of nitrogens with zero attached hydrogens (tertiary/aromatic N) is 2. The maximum Gasteiger partial charge on any atom is 0.112 e. The second-order valence-corrected chi connectivity index (χ2v) is 3.13. The summed E-state index contributed by atoms with van der Waals surface area (Å²) in [5, 5.41) is 40.3. The van der Waals surface area contributed by atoms with Crippen molar-refractivity contribution in [2.45, 2.75) is 18.3 Å². The molecular formula is C8H14N2O4. The van der Waals surface area contributed by atoms with Crippen molar-refractivity contribution in [3.8, 4) is 0 Å². The zero-order chi connectivity index (χ0) is 10.7. The van der Waals surface area contributed by atoms with Crippen LogP contribution in [0.1, 0.15) is 11.7 Å². The standard InChI is InChI=1S/C8H14N2O4/c1-10-3-5(2-9-10)7(13)8(14)6(12)4-11/h2-3,6-8,11-14H,4H2,1H3/t6-,7+,8-/m1/s1. The first-order valence-electron chi connectivity index (χ1n) is 4.20. The number of aliphatic hydroxyl groups is 4. The van der Waals surface area contributed by atoms with E-state index in [0.29, 0.717) is 5.56 Å². The Morgan fingerprint density at radius 2 is 2.07 bits per heavy atom. The molecule has 0 bridgehead atoms. The molecule has 1 heterocycles. The first-order chi connectivity index (χ1) is 6.56. The lowest BCUT2D eigenvalue weighted by molar-refractivity contribution is -0.0776. The molecule has 1 aromatic heterocycles. The van der Waals surface area contributed by atoms with Crippen molar-refractivity contribution in [3.63, 3.8) is 0 Å². The second-order valence-electron chi connectivity index (χ2n) is 3.13. The molecule has 0 aliphatic rings. The molecule has 0 aliphatic carbocycles. The minimum Gasteiger partial charge on any atom is -0.394 e. The van der Waals surface area contributed by atoms with Crippen molar-refractivity contribution in [1.29, 1.82) is 0 Å². The number of aliphatic hydroxyl groups excluding tert-OH is 4. The molecule has 3 atom stereocenters. The van der Waals surface area contributed by atoms with E-state index in [-0.39, 0.29) is 0 Å². The van der Waals surface area contributed by atoms with Crippen LogP contribution in [0, 0.1) is 0 Å². The van der Waals surface area contributed by atoms with Crippen LogP contribution in [-0.2, 0) is 7.05 Å². The van der Waals surface area contributed by atoms with Crippen LogP contribution in [0.15, 0.2) is 12.4 Å². The van der Waals surface area contributed by atoms with Gasteiger partial charge in [-0.1, -0.05) is 0 Å². The van der Waals surface area contributed by atoms with E-state index in [1.807, 2.05) is 0 Å². The van der Waals surface area contributed by atoms with Gasteiger partial charge in [-0.25, -0.2) is 0 Å². The number of hydrogen-bond acceptors (Lipinski definition) is 5. The van der Waals surface area contributed by atoms with E-state index >= 15 is 0 Å². The smallest absolute Gasteiger partial charge is 0.112 e. The molecule has 4 N–H and O–H groups in total. The first kappa shape index (κ1) is 11.1. The Morgan fingerprint density at radius 1 is 1.43 bits per heavy atom. The number of hydrogen-bond donors (Lipinski definition) is 4. The lowest BCUT2D eigenvalue weighted by atomic mass is 10.0. The third-order valence-electron chi connectivity index (χ3n) is 1.97. The lowest BCUT2D eigenvalue weighted by Crippen LogP contribution is -2.34. The third kappa shape index (κ3) is 2.30. The maximum atomic E-state index is 9.53. The van der Waals surface area contributed by atoms with Gasteiger partial charge in [0.25, 0.3) is 0 Å². The summed E-state index contributed by atoms with van der Waals surface area (Å²) in [4.78, 5) is 0. The van der Waals surface area contributed by atoms with Gasteiger partial charge in [-0.3, -0.25) is 4.68 Å². The molecule has 1 rings (SSSR count). The number of aryl methyl sites for hydroxylation is 1. The molecule has 1 aromatic rings. The van der Waals surface area contributed by atoms with Crippen molar-refractivity contribution < 1.29 is 20.4 Å². The van der Waals surface area contributed by atoms with Gasteiger partial charge < -0.3 is 20.4 Å². The molecule has 6 heteroatoms. The highest BCUT2D eigenvalue weighted by molar-refractivity contribution is 5.10. The number of rotatable bonds is 4. The van der Waals surface area contributed by atoms with Crippen LogP contribution in [0.4, 0.5) is 0 Å². The molecule has 0 aliphatic heterocycles. The zero-order valence-corrected chi connectivity index (χ0v) is 7.78. The summed E-state index contributed by atoms with van der Waals surface area (Å²) < 4.78 is 1.47. The predicted molar refractivity (Wildman–Crippen MR) is 47.3 cm³/mol. The highest BCUT2D eigenvalue weighted by Crippen LogP contribution is 2.17. The first-order valence-corrected chi connectivity index (χ1v) is 4.20. The molecular weight excluding hydrogens is 188 g/mol. The quantitative estimate of drug-likeness (QED) is 0.460. The minimum absolute atomic E-state index is 0.396. The topological polar surface area (TPSA) is 98.7 Å². The van der Waals surface area contributed by atoms with Gasteiger partial charge in [-0.2, -0.15) is 5.10 Å². The Morgan fingerprint density at radius 3 is 2.50 bits per heavy atom. The Kier molecular flexibility index (Phi) is 3.59. The molecule has 0 saturated carbocycles. The lowest BCUT2D eigenvalue weighted by Gasteiger charge is -2.20. The predicted octanol–water partition coefficient (Wildman–Crippen LogP) is -1.83. The van der Waals surface area contributed by atoms with Gasteiger partial charge in [-0.05, 0) is 0 Å². The van der Waals surface area contributed by atoms with Crippen molar-refractivity contribution in [3.05, 3.63) is 18.0 Å². The summed E-state index contributed by atoms with van der Waals surface area (Å²) in [7, 11) is 1.67. The third-order valence-corrected chi connectivity index (χ3v) is 1.97. The highest BCUT2D eigenvalue weighted by Gasteiger charge is 2.26. The summed E-state index contributed by atoms with van der Waals surface area (Å²) in [6.07, 6.45) is -1.10. The fourth-order valence-electron chi connectivity index (χ4n) is 1.11. The van der Waals surface area contributed by atoms with Crippen molar-refractivity contribution in [1.82, 2.24) is 9.78 Å². The van der Waals surface area contributed by atoms with E-state index in [4.69, 9.17) is 10.2 Å². The summed E-state index contributed by atoms with van der Waals surface area (Å²) in [5.41, 5.74) is 0.396. The van der Waals surface area contributed by atoms with Gasteiger partial charge in [0, 0.05) is 18.8 Å². The Balaban J connectivity index is 2.69. The largest absolute Gasteiger partial charge is 0.394 e. The van der Waals surface area contributed by atoms with E-state index < -0.39 is 24.9 Å². The van der Waals surface area contributed by atoms with E-state index in [0.717, 1.165) is 0 Å². The molecule has 0 aromatic carbocycles. The molecule has 6 nitrogen and oxygen atoms in total. The van der Waals surface area contributed by atoms with E-state index in [1.165, 1.54) is 17.1 Å². The molecule has 0 amide bonds. The van der Waals surface area contributed by atoms with Crippen LogP contribution in [0.3, 0.4) is 0 Å². The summed E-state index contributed by atoms with van der Waals surface area (Å²) in [6.45, 7) is -0.599. The van der Waals surface area contributed by atoms with Gasteiger partial charge in [0.2, 0.25) is 0 Å². The molecule has 0 radical (unpaired) electrons. The van der Waals surface area contributed by atoms with Gasteiger partial charge in [0.15, 0.2) is 0 Å². The van der Waals surface area contributed by atoms with Gasteiger partial charge in [0.1, 0.15) is 18.3 Å². The minimum atomic E-state index is -1.41. The van der Waals surface area contributed by atoms with Crippen LogP contribution in [-0.4, -0.2) is 49.0 Å². The molecule has 80 valence electrons. The van der Waals surface area contributed by atoms with E-state index in [2.05, 4.69) is 5.10 Å². The maximum absolute atomic E-state index is 9.53. The molecule has 14 heavy (non-hydrogen) atoms. The average Bonchev–Trinajstić information content (AvgIpc) is 2.61. The van der Waals surface area contributed by atoms with Crippen LogP contribution < -0.4 is 0 Å². The van der Waals surface area contributed by atoms with E-state index in [1.54, 1.807) is 7.05 Å². The fraction of sp³-hybridized carbons (Fsp3) is 0.625. The Hall–Kier alpha value is -0.950. The number of aromatic nitrogens is 2. The van der Waals surface area contributed by atoms with Crippen LogP contribution >= 0.6 is 0 Å². The summed E-state index contributed by atoms with van der Waals surface area (Å²) in [5.74, 6) is 0. The molecule has 0 fully saturated rings. The van der Waals surface area contributed by atoms with E-state index in [9.17, 15) is 10.2 Å². The molecule has 0 unspecified atom stereocenters. The normalized spacial score (nSPS) is 17.8. The van der Waals surface area contributed by atoms with Crippen molar-refractivity contribution >= 4 is 0 Å². The highest BCUT2D eigenvalue weighted by atomic mass is 16.4. The van der Waals surface area contributed by atoms with Crippen molar-refractivity contribution in [2.24, 2.45) is 7.05 Å². The van der Waals surface area contributed by atoms with Crippen LogP contribution in [0.5, 0.6) is 0 Å². The van der Waals surface area contributed by atoms with Crippen LogP contribution in [0.2, 0.25) is 0 Å². The monoisotopic (exact) mass is 202 g/mol. The molecule has 0 spiro atoms. The fourth-order valence-corrected chi connectivity index (χ4v) is 1.11. The second kappa shape index (κ2) is 4.52. The molecule has 0 saturated heterocycles. The van der Waals surface area contributed by atoms with Crippen molar-refractivity contribution in [2.75, 3.05) is 6.61 Å². The van der Waals surface area contributed by atoms with Gasteiger partial charge >= 0.3 is 0 Å².